The van der Waals surface area contributed by atoms with E-state index in [4.69, 9.17) is 28.8 Å². The number of phenolic OH excluding ortho intramolecular Hbond substituents is 2. The molecule has 5 heterocycles. The van der Waals surface area contributed by atoms with Crippen molar-refractivity contribution in [3.05, 3.63) is 91.1 Å². The van der Waals surface area contributed by atoms with E-state index < -0.39 is 0 Å². The van der Waals surface area contributed by atoms with E-state index in [0.717, 1.165) is 78.3 Å². The highest BCUT2D eigenvalue weighted by atomic mass is 127. The number of hydrogen-bond acceptors (Lipinski definition) is 8. The van der Waals surface area contributed by atoms with Gasteiger partial charge in [-0.2, -0.15) is 0 Å². The average Bonchev–Trinajstić information content (AvgIpc) is 3.83. The van der Waals surface area contributed by atoms with Crippen LogP contribution in [0.4, 0.5) is 0 Å². The molecule has 5 aromatic carbocycles. The number of nitrogens with zero attached hydrogens (tertiary/aromatic N) is 4. The first-order chi connectivity index (χ1) is 26.3. The van der Waals surface area contributed by atoms with Gasteiger partial charge in [0.25, 0.3) is 0 Å². The second-order valence-corrected chi connectivity index (χ2v) is 16.4. The van der Waals surface area contributed by atoms with Gasteiger partial charge in [0.2, 0.25) is 11.4 Å². The first-order valence-corrected chi connectivity index (χ1v) is 20.4. The lowest BCUT2D eigenvalue weighted by Crippen LogP contribution is -1.90. The van der Waals surface area contributed by atoms with Gasteiger partial charge in [-0.15, -0.1) is 0 Å². The van der Waals surface area contributed by atoms with Crippen LogP contribution in [0.25, 0.3) is 98.8 Å². The fraction of sp³-hybridized carbons (Fsp3) is 0.182. The van der Waals surface area contributed by atoms with Crippen LogP contribution >= 0.6 is 45.2 Å². The van der Waals surface area contributed by atoms with Gasteiger partial charge in [0.15, 0.2) is 11.2 Å². The third-order valence-corrected chi connectivity index (χ3v) is 12.1. The summed E-state index contributed by atoms with van der Waals surface area (Å²) >= 11 is 4.57. The smallest absolute Gasteiger partial charge is 0.231 e. The summed E-state index contributed by atoms with van der Waals surface area (Å²) < 4.78 is 15.0. The molecule has 0 spiro atoms. The van der Waals surface area contributed by atoms with Crippen LogP contribution in [0.1, 0.15) is 50.7 Å². The predicted octanol–water partition coefficient (Wildman–Crippen LogP) is 12.7. The third-order valence-electron chi connectivity index (χ3n) is 10.5. The van der Waals surface area contributed by atoms with Crippen molar-refractivity contribution in [2.24, 2.45) is 0 Å². The van der Waals surface area contributed by atoms with E-state index >= 15 is 0 Å². The highest BCUT2D eigenvalue weighted by molar-refractivity contribution is 14.1. The molecule has 0 unspecified atom stereocenters. The zero-order valence-corrected chi connectivity index (χ0v) is 33.7. The number of oxazole rings is 2. The number of phenols is 2. The number of rotatable bonds is 6. The summed E-state index contributed by atoms with van der Waals surface area (Å²) in [7, 11) is 0. The van der Waals surface area contributed by atoms with Crippen LogP contribution in [-0.4, -0.2) is 30.1 Å². The molecule has 0 saturated heterocycles. The van der Waals surface area contributed by atoms with Crippen molar-refractivity contribution in [2.45, 2.75) is 52.4 Å². The minimum absolute atomic E-state index is 0.0451. The second-order valence-electron chi connectivity index (χ2n) is 14.1. The molecule has 0 fully saturated rings. The molecule has 0 saturated carbocycles. The van der Waals surface area contributed by atoms with Gasteiger partial charge in [-0.1, -0.05) is 51.0 Å². The molecule has 10 rings (SSSR count). The Kier molecular flexibility index (Phi) is 8.06. The second kappa shape index (κ2) is 12.9. The fourth-order valence-electron chi connectivity index (χ4n) is 7.73. The zero-order valence-electron chi connectivity index (χ0n) is 29.4. The first-order valence-electron chi connectivity index (χ1n) is 18.2. The molecule has 54 heavy (non-hydrogen) atoms. The number of hydrogen-bond donors (Lipinski definition) is 2. The SMILES string of the molecule is CCCCc1cc2c(O)c(c1)c1nc3c(o1)c(I)cc1cc(I)c4oc(nc4c13)c1cc(CCCC)cc(c1O)c1ccc3ccc4ccc2nc4c3n1. The normalized spacial score (nSPS) is 12.3. The van der Waals surface area contributed by atoms with Crippen molar-refractivity contribution in [3.8, 4) is 11.5 Å². The summed E-state index contributed by atoms with van der Waals surface area (Å²) in [6.07, 6.45) is 5.67. The molecule has 0 aliphatic heterocycles. The number of halogens is 2. The highest BCUT2D eigenvalue weighted by Gasteiger charge is 2.22. The molecule has 266 valence electrons. The molecule has 0 aliphatic rings. The van der Waals surface area contributed by atoms with Gasteiger partial charge in [0.05, 0.1) is 40.0 Å². The maximum atomic E-state index is 12.1. The minimum Gasteiger partial charge on any atom is -0.506 e. The summed E-state index contributed by atoms with van der Waals surface area (Å²) in [4.78, 5) is 20.6. The monoisotopic (exact) mass is 934 g/mol. The van der Waals surface area contributed by atoms with E-state index in [-0.39, 0.29) is 11.5 Å². The van der Waals surface area contributed by atoms with Crippen molar-refractivity contribution in [1.29, 1.82) is 0 Å². The van der Waals surface area contributed by atoms with Crippen LogP contribution in [0.2, 0.25) is 0 Å². The van der Waals surface area contributed by atoms with E-state index in [1.165, 1.54) is 0 Å². The first kappa shape index (κ1) is 33.7. The molecule has 0 atom stereocenters. The summed E-state index contributed by atoms with van der Waals surface area (Å²) in [5, 5.41) is 30.0. The van der Waals surface area contributed by atoms with Gasteiger partial charge in [0, 0.05) is 26.9 Å². The molecule has 0 amide bonds. The lowest BCUT2D eigenvalue weighted by Gasteiger charge is -2.08. The number of benzene rings is 5. The Morgan fingerprint density at radius 1 is 0.519 bits per heavy atom. The van der Waals surface area contributed by atoms with Crippen molar-refractivity contribution in [2.75, 3.05) is 0 Å². The van der Waals surface area contributed by atoms with Crippen LogP contribution < -0.4 is 0 Å². The Bertz CT molecular complexity index is 3050. The van der Waals surface area contributed by atoms with Crippen molar-refractivity contribution < 1.29 is 19.0 Å². The molecule has 2 N–H and O–H groups in total. The number of aromatic nitrogens is 4. The van der Waals surface area contributed by atoms with E-state index in [0.29, 0.717) is 77.2 Å². The molecule has 0 aliphatic carbocycles. The maximum Gasteiger partial charge on any atom is 0.231 e. The third kappa shape index (κ3) is 5.27. The van der Waals surface area contributed by atoms with Crippen LogP contribution in [0, 0.1) is 7.14 Å². The zero-order chi connectivity index (χ0) is 36.8. The van der Waals surface area contributed by atoms with Gasteiger partial charge >= 0.3 is 0 Å². The number of aromatic hydroxyl groups is 2. The van der Waals surface area contributed by atoms with E-state index in [1.54, 1.807) is 0 Å². The van der Waals surface area contributed by atoms with Crippen LogP contribution in [0.5, 0.6) is 11.5 Å². The summed E-state index contributed by atoms with van der Waals surface area (Å²) in [5.41, 5.74) is 7.81. The van der Waals surface area contributed by atoms with Gasteiger partial charge in [-0.3, -0.25) is 0 Å². The van der Waals surface area contributed by atoms with E-state index in [1.807, 2.05) is 60.7 Å². The van der Waals surface area contributed by atoms with E-state index in [2.05, 4.69) is 71.2 Å². The number of fused-ring (bicyclic) bond motifs is 12. The maximum absolute atomic E-state index is 12.1. The van der Waals surface area contributed by atoms with Crippen LogP contribution in [0.15, 0.2) is 81.6 Å². The topological polar surface area (TPSA) is 118 Å². The lowest BCUT2D eigenvalue weighted by molar-refractivity contribution is 0.486. The molecule has 12 bridgehead atoms. The van der Waals surface area contributed by atoms with Crippen molar-refractivity contribution in [1.82, 2.24) is 19.9 Å². The van der Waals surface area contributed by atoms with Crippen molar-refractivity contribution >= 4 is 144 Å². The molecular weight excluding hydrogens is 902 g/mol. The Labute approximate surface area is 335 Å². The summed E-state index contributed by atoms with van der Waals surface area (Å²) in [5.74, 6) is 0.0903. The van der Waals surface area contributed by atoms with Gasteiger partial charge in [-0.25, -0.2) is 19.9 Å². The molecule has 5 aromatic heterocycles. The Balaban J connectivity index is 1.48. The summed E-state index contributed by atoms with van der Waals surface area (Å²) in [6, 6.07) is 24.2. The molecule has 0 radical (unpaired) electrons. The fourth-order valence-corrected chi connectivity index (χ4v) is 9.13. The molecule has 10 aromatic rings. The van der Waals surface area contributed by atoms with Gasteiger partial charge in [-0.05, 0) is 136 Å². The molecular formula is C44H32I2N4O4. The van der Waals surface area contributed by atoms with Crippen LogP contribution in [0.3, 0.4) is 0 Å². The largest absolute Gasteiger partial charge is 0.506 e. The van der Waals surface area contributed by atoms with Gasteiger partial charge < -0.3 is 19.0 Å². The Hall–Kier alpha value is -4.82. The minimum atomic E-state index is 0.0451. The number of pyridine rings is 2. The average molecular weight is 935 g/mol. The van der Waals surface area contributed by atoms with Crippen molar-refractivity contribution in [3.63, 3.8) is 0 Å². The quantitative estimate of drug-likeness (QED) is 0.125. The molecule has 10 heteroatoms. The highest BCUT2D eigenvalue weighted by Crippen LogP contribution is 2.42. The summed E-state index contributed by atoms with van der Waals surface area (Å²) in [6.45, 7) is 4.34. The Morgan fingerprint density at radius 2 is 0.944 bits per heavy atom. The van der Waals surface area contributed by atoms with E-state index in [9.17, 15) is 10.2 Å². The Morgan fingerprint density at radius 3 is 1.39 bits per heavy atom. The number of unbranched alkanes of at least 4 members (excludes halogenated alkanes) is 2. The standard InChI is InChI=1S/C44H32I2N4O4/c1-3-5-7-21-15-26-32-13-11-23-9-10-24-12-14-33(48-36(24)35(23)47-32)27-16-22(8-6-4-2)18-29(40(27)52)44-50-38-34-25(20-31(46)42(38)54-44)19-30(45)41-37(34)49-43(53-41)28(17-21)39(26)51/h9-20,51-52H,3-8H2,1-2H3. The van der Waals surface area contributed by atoms with Gasteiger partial charge in [0.1, 0.15) is 22.5 Å². The molecule has 8 nitrogen and oxygen atoms in total. The predicted molar refractivity (Wildman–Crippen MR) is 235 cm³/mol. The lowest BCUT2D eigenvalue weighted by atomic mass is 10.0. The van der Waals surface area contributed by atoms with Crippen LogP contribution in [-0.2, 0) is 12.8 Å². The number of aryl methyl sites for hydroxylation is 2.